The van der Waals surface area contributed by atoms with Gasteiger partial charge < -0.3 is 9.64 Å². The van der Waals surface area contributed by atoms with E-state index < -0.39 is 0 Å². The molecule has 0 saturated carbocycles. The molecule has 3 nitrogen and oxygen atoms in total. The fourth-order valence-electron chi connectivity index (χ4n) is 4.27. The second-order valence-corrected chi connectivity index (χ2v) is 7.52. The van der Waals surface area contributed by atoms with Crippen molar-refractivity contribution in [3.05, 3.63) is 65.7 Å². The van der Waals surface area contributed by atoms with Crippen LogP contribution in [0, 0.1) is 5.92 Å². The van der Waals surface area contributed by atoms with Crippen LogP contribution in [0.1, 0.15) is 17.5 Å². The average molecular weight is 336 g/mol. The molecule has 2 aromatic rings. The molecule has 0 radical (unpaired) electrons. The second kappa shape index (κ2) is 7.59. The van der Waals surface area contributed by atoms with Crippen molar-refractivity contribution in [3.8, 4) is 5.75 Å². The summed E-state index contributed by atoms with van der Waals surface area (Å²) in [4.78, 5) is 5.14. The minimum atomic E-state index is 0.727. The fraction of sp³-hybridized carbons (Fsp3) is 0.455. The molecule has 0 aromatic heterocycles. The van der Waals surface area contributed by atoms with Crippen molar-refractivity contribution in [2.45, 2.75) is 25.4 Å². The lowest BCUT2D eigenvalue weighted by molar-refractivity contribution is 0.255. The first-order valence-electron chi connectivity index (χ1n) is 9.46. The molecule has 0 bridgehead atoms. The van der Waals surface area contributed by atoms with E-state index in [9.17, 15) is 0 Å². The highest BCUT2D eigenvalue weighted by atomic mass is 16.5. The van der Waals surface area contributed by atoms with E-state index in [4.69, 9.17) is 4.74 Å². The molecular weight excluding hydrogens is 308 g/mol. The second-order valence-electron chi connectivity index (χ2n) is 7.52. The van der Waals surface area contributed by atoms with Gasteiger partial charge in [-0.05, 0) is 49.2 Å². The molecule has 2 atom stereocenters. The number of benzene rings is 2. The van der Waals surface area contributed by atoms with Gasteiger partial charge in [0.15, 0.2) is 0 Å². The molecule has 4 rings (SSSR count). The van der Waals surface area contributed by atoms with Gasteiger partial charge in [0.1, 0.15) is 5.75 Å². The summed E-state index contributed by atoms with van der Waals surface area (Å²) in [6, 6.07) is 19.9. The van der Waals surface area contributed by atoms with Crippen molar-refractivity contribution in [1.82, 2.24) is 9.80 Å². The zero-order valence-electron chi connectivity index (χ0n) is 15.1. The summed E-state index contributed by atoms with van der Waals surface area (Å²) in [5.74, 6) is 1.85. The van der Waals surface area contributed by atoms with Crippen molar-refractivity contribution in [2.75, 3.05) is 33.3 Å². The topological polar surface area (TPSA) is 15.7 Å². The Hall–Kier alpha value is -1.84. The number of likely N-dealkylation sites (tertiary alicyclic amines) is 2. The van der Waals surface area contributed by atoms with Crippen LogP contribution in [-0.2, 0) is 13.0 Å². The first-order valence-corrected chi connectivity index (χ1v) is 9.46. The highest BCUT2D eigenvalue weighted by Crippen LogP contribution is 2.31. The molecule has 2 aliphatic heterocycles. The lowest BCUT2D eigenvalue weighted by Crippen LogP contribution is -2.31. The predicted octanol–water partition coefficient (Wildman–Crippen LogP) is 3.44. The first kappa shape index (κ1) is 16.6. The summed E-state index contributed by atoms with van der Waals surface area (Å²) in [5.41, 5.74) is 2.71. The molecule has 2 heterocycles. The first-order chi connectivity index (χ1) is 12.3. The standard InChI is InChI=1S/C22H28N2O/c1-23-13-11-20-16-24(17-22(20)23)15-19-7-9-21(10-8-19)25-14-12-18-5-3-2-4-6-18/h2-10,20,22H,11-17H2,1H3/t20-,22+/m1/s1. The van der Waals surface area contributed by atoms with Gasteiger partial charge in [-0.1, -0.05) is 42.5 Å². The molecule has 0 unspecified atom stereocenters. The summed E-state index contributed by atoms with van der Waals surface area (Å²) in [6.07, 6.45) is 2.32. The van der Waals surface area contributed by atoms with Gasteiger partial charge in [-0.25, -0.2) is 0 Å². The van der Waals surface area contributed by atoms with Gasteiger partial charge in [0.25, 0.3) is 0 Å². The Labute approximate surface area is 151 Å². The fourth-order valence-corrected chi connectivity index (χ4v) is 4.27. The van der Waals surface area contributed by atoms with Gasteiger partial charge in [-0.15, -0.1) is 0 Å². The smallest absolute Gasteiger partial charge is 0.119 e. The number of hydrogen-bond donors (Lipinski definition) is 0. The number of ether oxygens (including phenoxy) is 1. The van der Waals surface area contributed by atoms with E-state index in [2.05, 4.69) is 71.4 Å². The summed E-state index contributed by atoms with van der Waals surface area (Å²) < 4.78 is 5.89. The van der Waals surface area contributed by atoms with Crippen LogP contribution >= 0.6 is 0 Å². The molecule has 2 fully saturated rings. The Morgan fingerprint density at radius 2 is 1.76 bits per heavy atom. The zero-order valence-corrected chi connectivity index (χ0v) is 15.1. The Balaban J connectivity index is 1.25. The van der Waals surface area contributed by atoms with Crippen LogP contribution in [0.15, 0.2) is 54.6 Å². The number of nitrogens with zero attached hydrogens (tertiary/aromatic N) is 2. The normalized spacial score (nSPS) is 23.7. The number of likely N-dealkylation sites (N-methyl/N-ethyl adjacent to an activating group) is 1. The summed E-state index contributed by atoms with van der Waals surface area (Å²) in [5, 5.41) is 0. The van der Waals surface area contributed by atoms with E-state index in [0.717, 1.165) is 37.3 Å². The average Bonchev–Trinajstić information content (AvgIpc) is 3.19. The van der Waals surface area contributed by atoms with Crippen LogP contribution in [0.5, 0.6) is 5.75 Å². The maximum absolute atomic E-state index is 5.89. The van der Waals surface area contributed by atoms with Gasteiger partial charge >= 0.3 is 0 Å². The Morgan fingerprint density at radius 1 is 0.960 bits per heavy atom. The van der Waals surface area contributed by atoms with Crippen LogP contribution in [-0.4, -0.2) is 49.1 Å². The third-order valence-electron chi connectivity index (χ3n) is 5.73. The third kappa shape index (κ3) is 4.05. The number of hydrogen-bond acceptors (Lipinski definition) is 3. The van der Waals surface area contributed by atoms with E-state index in [1.54, 1.807) is 0 Å². The minimum Gasteiger partial charge on any atom is -0.493 e. The molecule has 0 amide bonds. The molecule has 132 valence electrons. The van der Waals surface area contributed by atoms with Crippen molar-refractivity contribution in [3.63, 3.8) is 0 Å². The van der Waals surface area contributed by atoms with E-state index in [-0.39, 0.29) is 0 Å². The predicted molar refractivity (Wildman–Crippen MR) is 102 cm³/mol. The van der Waals surface area contributed by atoms with Crippen molar-refractivity contribution < 1.29 is 4.74 Å². The third-order valence-corrected chi connectivity index (χ3v) is 5.73. The SMILES string of the molecule is CN1CC[C@@H]2CN(Cc3ccc(OCCc4ccccc4)cc3)C[C@@H]21. The quantitative estimate of drug-likeness (QED) is 0.804. The molecule has 3 heteroatoms. The van der Waals surface area contributed by atoms with E-state index in [1.807, 2.05) is 0 Å². The summed E-state index contributed by atoms with van der Waals surface area (Å²) in [6.45, 7) is 5.54. The summed E-state index contributed by atoms with van der Waals surface area (Å²) >= 11 is 0. The van der Waals surface area contributed by atoms with Crippen LogP contribution < -0.4 is 4.74 Å². The van der Waals surface area contributed by atoms with Gasteiger partial charge in [0.2, 0.25) is 0 Å². The van der Waals surface area contributed by atoms with Gasteiger partial charge in [-0.2, -0.15) is 0 Å². The highest BCUT2D eigenvalue weighted by Gasteiger charge is 2.39. The maximum atomic E-state index is 5.89. The Morgan fingerprint density at radius 3 is 2.52 bits per heavy atom. The monoisotopic (exact) mass is 336 g/mol. The van der Waals surface area contributed by atoms with Gasteiger partial charge in [0, 0.05) is 32.1 Å². The number of fused-ring (bicyclic) bond motifs is 1. The Kier molecular flexibility index (Phi) is 5.04. The van der Waals surface area contributed by atoms with Gasteiger partial charge in [0.05, 0.1) is 6.61 Å². The molecular formula is C22H28N2O. The molecule has 2 saturated heterocycles. The van der Waals surface area contributed by atoms with Crippen LogP contribution in [0.3, 0.4) is 0 Å². The lowest BCUT2D eigenvalue weighted by atomic mass is 10.1. The molecule has 0 N–H and O–H groups in total. The van der Waals surface area contributed by atoms with Crippen molar-refractivity contribution in [1.29, 1.82) is 0 Å². The molecule has 2 aliphatic rings. The van der Waals surface area contributed by atoms with E-state index in [1.165, 1.54) is 37.2 Å². The molecule has 0 spiro atoms. The van der Waals surface area contributed by atoms with Gasteiger partial charge in [-0.3, -0.25) is 4.90 Å². The Bertz CT molecular complexity index is 670. The minimum absolute atomic E-state index is 0.727. The largest absolute Gasteiger partial charge is 0.493 e. The van der Waals surface area contributed by atoms with E-state index >= 15 is 0 Å². The van der Waals surface area contributed by atoms with Crippen molar-refractivity contribution in [2.24, 2.45) is 5.92 Å². The van der Waals surface area contributed by atoms with Crippen LogP contribution in [0.25, 0.3) is 0 Å². The van der Waals surface area contributed by atoms with E-state index in [0.29, 0.717) is 0 Å². The molecule has 25 heavy (non-hydrogen) atoms. The lowest BCUT2D eigenvalue weighted by Gasteiger charge is -2.20. The summed E-state index contributed by atoms with van der Waals surface area (Å²) in [7, 11) is 2.27. The molecule has 2 aromatic carbocycles. The maximum Gasteiger partial charge on any atom is 0.119 e. The van der Waals surface area contributed by atoms with Crippen LogP contribution in [0.4, 0.5) is 0 Å². The highest BCUT2D eigenvalue weighted by molar-refractivity contribution is 5.27. The number of rotatable bonds is 6. The molecule has 0 aliphatic carbocycles. The van der Waals surface area contributed by atoms with Crippen molar-refractivity contribution >= 4 is 0 Å². The van der Waals surface area contributed by atoms with Crippen LogP contribution in [0.2, 0.25) is 0 Å². The zero-order chi connectivity index (χ0) is 17.1.